The van der Waals surface area contributed by atoms with Crippen molar-refractivity contribution >= 4 is 17.8 Å². The Morgan fingerprint density at radius 1 is 1.18 bits per heavy atom. The Balaban J connectivity index is 1.14. The van der Waals surface area contributed by atoms with Gasteiger partial charge in [-0.1, -0.05) is 6.07 Å². The minimum atomic E-state index is -0.154. The minimum absolute atomic E-state index is 0.0505. The third kappa shape index (κ3) is 3.52. The Hall–Kier alpha value is -3.80. The third-order valence-electron chi connectivity index (χ3n) is 7.29. The Kier molecular flexibility index (Phi) is 4.79. The molecule has 3 unspecified atom stereocenters. The standard InChI is InChI=1S/C24H23N7O2/c25-10-18-11-27-23(12-26-18)33-14-17-9-19(16-7-15(17)8-16)24(32)31-21(4-5-28-31)20-13-30-6-2-1-3-22(30)29-20/h1-3,5-6,11-13,15-17,19,21H,4,7-9,14H2. The highest BCUT2D eigenvalue weighted by molar-refractivity contribution is 5.82. The van der Waals surface area contributed by atoms with Crippen LogP contribution in [0.1, 0.15) is 43.1 Å². The van der Waals surface area contributed by atoms with E-state index in [1.54, 1.807) is 5.01 Å². The van der Waals surface area contributed by atoms with Crippen molar-refractivity contribution in [1.29, 1.82) is 5.26 Å². The number of pyridine rings is 1. The molecule has 0 N–H and O–H groups in total. The lowest BCUT2D eigenvalue weighted by Crippen LogP contribution is -2.50. The molecule has 3 fully saturated rings. The number of imidazole rings is 1. The van der Waals surface area contributed by atoms with Crippen LogP contribution in [0.3, 0.4) is 0 Å². The quantitative estimate of drug-likeness (QED) is 0.602. The zero-order valence-electron chi connectivity index (χ0n) is 18.0. The summed E-state index contributed by atoms with van der Waals surface area (Å²) < 4.78 is 7.85. The second-order valence-corrected chi connectivity index (χ2v) is 9.12. The van der Waals surface area contributed by atoms with E-state index in [1.165, 1.54) is 12.4 Å². The van der Waals surface area contributed by atoms with Crippen molar-refractivity contribution in [2.45, 2.75) is 31.7 Å². The Bertz CT molecular complexity index is 1220. The summed E-state index contributed by atoms with van der Waals surface area (Å²) in [4.78, 5) is 26.5. The number of ether oxygens (including phenoxy) is 1. The van der Waals surface area contributed by atoms with E-state index in [2.05, 4.69) is 15.1 Å². The molecule has 1 aliphatic heterocycles. The first-order valence-corrected chi connectivity index (χ1v) is 11.3. The molecule has 9 heteroatoms. The molecule has 3 aromatic rings. The van der Waals surface area contributed by atoms with Crippen molar-refractivity contribution in [2.75, 3.05) is 6.61 Å². The van der Waals surface area contributed by atoms with Gasteiger partial charge in [0.1, 0.15) is 17.8 Å². The van der Waals surface area contributed by atoms with E-state index in [0.29, 0.717) is 36.7 Å². The van der Waals surface area contributed by atoms with Crippen LogP contribution in [0.25, 0.3) is 5.65 Å². The average Bonchev–Trinajstić information content (AvgIpc) is 3.48. The highest BCUT2D eigenvalue weighted by Crippen LogP contribution is 2.53. The molecule has 0 aromatic carbocycles. The van der Waals surface area contributed by atoms with E-state index in [4.69, 9.17) is 15.0 Å². The first kappa shape index (κ1) is 19.9. The maximum Gasteiger partial charge on any atom is 0.246 e. The average molecular weight is 441 g/mol. The van der Waals surface area contributed by atoms with Gasteiger partial charge < -0.3 is 9.14 Å². The zero-order valence-corrected chi connectivity index (χ0v) is 18.0. The van der Waals surface area contributed by atoms with Crippen molar-refractivity contribution in [2.24, 2.45) is 28.8 Å². The number of carbonyl (C=O) groups excluding carboxylic acids is 1. The lowest BCUT2D eigenvalue weighted by Gasteiger charge is -2.51. The molecule has 0 spiro atoms. The predicted octanol–water partition coefficient (Wildman–Crippen LogP) is 3.00. The van der Waals surface area contributed by atoms with Gasteiger partial charge in [0.2, 0.25) is 11.8 Å². The molecule has 3 saturated carbocycles. The number of amides is 1. The van der Waals surface area contributed by atoms with E-state index in [-0.39, 0.29) is 23.6 Å². The molecule has 7 rings (SSSR count). The maximum atomic E-state index is 13.6. The molecule has 4 heterocycles. The zero-order chi connectivity index (χ0) is 22.4. The molecule has 1 amide bonds. The van der Waals surface area contributed by atoms with Crippen LogP contribution in [0.5, 0.6) is 5.88 Å². The van der Waals surface area contributed by atoms with Crippen LogP contribution in [-0.4, -0.2) is 43.1 Å². The van der Waals surface area contributed by atoms with E-state index in [1.807, 2.05) is 47.3 Å². The number of carbonyl (C=O) groups is 1. The van der Waals surface area contributed by atoms with Gasteiger partial charge in [0.15, 0.2) is 5.69 Å². The predicted molar refractivity (Wildman–Crippen MR) is 118 cm³/mol. The second kappa shape index (κ2) is 7.96. The van der Waals surface area contributed by atoms with E-state index in [0.717, 1.165) is 30.6 Å². The summed E-state index contributed by atoms with van der Waals surface area (Å²) in [6, 6.07) is 7.69. The molecule has 166 valence electrons. The fourth-order valence-corrected chi connectivity index (χ4v) is 5.44. The summed E-state index contributed by atoms with van der Waals surface area (Å²) in [5.41, 5.74) is 2.00. The van der Waals surface area contributed by atoms with Gasteiger partial charge in [0.25, 0.3) is 0 Å². The summed E-state index contributed by atoms with van der Waals surface area (Å²) in [5.74, 6) is 1.76. The fraction of sp³-hybridized carbons (Fsp3) is 0.417. The summed E-state index contributed by atoms with van der Waals surface area (Å²) >= 11 is 0. The maximum absolute atomic E-state index is 13.6. The molecule has 3 atom stereocenters. The summed E-state index contributed by atoms with van der Waals surface area (Å²) in [7, 11) is 0. The van der Waals surface area contributed by atoms with Crippen LogP contribution in [0, 0.1) is 35.0 Å². The van der Waals surface area contributed by atoms with Crippen LogP contribution in [0.15, 0.2) is 48.1 Å². The normalized spacial score (nSPS) is 27.8. The molecule has 2 bridgehead atoms. The van der Waals surface area contributed by atoms with Crippen LogP contribution in [-0.2, 0) is 4.79 Å². The van der Waals surface area contributed by atoms with Gasteiger partial charge in [-0.05, 0) is 49.1 Å². The second-order valence-electron chi connectivity index (χ2n) is 9.12. The van der Waals surface area contributed by atoms with Gasteiger partial charge >= 0.3 is 0 Å². The molecule has 9 nitrogen and oxygen atoms in total. The van der Waals surface area contributed by atoms with E-state index >= 15 is 0 Å². The van der Waals surface area contributed by atoms with E-state index < -0.39 is 0 Å². The highest BCUT2D eigenvalue weighted by Gasteiger charge is 2.50. The van der Waals surface area contributed by atoms with Crippen LogP contribution >= 0.6 is 0 Å². The van der Waals surface area contributed by atoms with E-state index in [9.17, 15) is 4.79 Å². The summed E-state index contributed by atoms with van der Waals surface area (Å²) in [6.45, 7) is 0.501. The van der Waals surface area contributed by atoms with Gasteiger partial charge in [-0.25, -0.2) is 20.0 Å². The van der Waals surface area contributed by atoms with Gasteiger partial charge in [0.05, 0.1) is 24.7 Å². The van der Waals surface area contributed by atoms with Crippen LogP contribution in [0.2, 0.25) is 0 Å². The number of nitriles is 1. The molecule has 3 aliphatic carbocycles. The lowest BCUT2D eigenvalue weighted by molar-refractivity contribution is -0.148. The number of hydrogen-bond acceptors (Lipinski definition) is 7. The van der Waals surface area contributed by atoms with Crippen molar-refractivity contribution in [3.05, 3.63) is 54.4 Å². The lowest BCUT2D eigenvalue weighted by atomic mass is 9.55. The number of aromatic nitrogens is 4. The Labute approximate surface area is 190 Å². The smallest absolute Gasteiger partial charge is 0.246 e. The molecule has 3 aromatic heterocycles. The monoisotopic (exact) mass is 441 g/mol. The van der Waals surface area contributed by atoms with Gasteiger partial charge in [-0.15, -0.1) is 0 Å². The Morgan fingerprint density at radius 3 is 2.88 bits per heavy atom. The number of hydrazone groups is 1. The minimum Gasteiger partial charge on any atom is -0.476 e. The van der Waals surface area contributed by atoms with Crippen molar-refractivity contribution in [3.63, 3.8) is 0 Å². The van der Waals surface area contributed by atoms with Gasteiger partial charge in [0, 0.05) is 30.9 Å². The van der Waals surface area contributed by atoms with Crippen molar-refractivity contribution in [3.8, 4) is 11.9 Å². The fourth-order valence-electron chi connectivity index (χ4n) is 5.44. The largest absolute Gasteiger partial charge is 0.476 e. The molecular weight excluding hydrogens is 418 g/mol. The number of rotatable bonds is 5. The van der Waals surface area contributed by atoms with Gasteiger partial charge in [-0.2, -0.15) is 10.4 Å². The van der Waals surface area contributed by atoms with Crippen molar-refractivity contribution in [1.82, 2.24) is 24.4 Å². The third-order valence-corrected chi connectivity index (χ3v) is 7.29. The van der Waals surface area contributed by atoms with Crippen LogP contribution < -0.4 is 4.74 Å². The topological polar surface area (TPSA) is 109 Å². The number of fused-ring (bicyclic) bond motifs is 3. The molecular formula is C24H23N7O2. The number of nitrogens with zero attached hydrogens (tertiary/aromatic N) is 7. The van der Waals surface area contributed by atoms with Gasteiger partial charge in [-0.3, -0.25) is 4.79 Å². The highest BCUT2D eigenvalue weighted by atomic mass is 16.5. The Morgan fingerprint density at radius 2 is 2.09 bits per heavy atom. The first-order valence-electron chi connectivity index (χ1n) is 11.3. The molecule has 0 saturated heterocycles. The van der Waals surface area contributed by atoms with Crippen LogP contribution in [0.4, 0.5) is 0 Å². The number of hydrogen-bond donors (Lipinski definition) is 0. The summed E-state index contributed by atoms with van der Waals surface area (Å²) in [5, 5.41) is 15.0. The van der Waals surface area contributed by atoms with Crippen molar-refractivity contribution < 1.29 is 9.53 Å². The molecule has 33 heavy (non-hydrogen) atoms. The summed E-state index contributed by atoms with van der Waals surface area (Å²) in [6.07, 6.45) is 12.3. The molecule has 0 radical (unpaired) electrons. The molecule has 4 aliphatic rings. The first-order chi connectivity index (χ1) is 16.2. The SMILES string of the molecule is N#Cc1cnc(OCC2CC(C(=O)N3N=CCC3c3cn4ccccc4n3)C3CC2C3)cn1.